The number of nitrogens with one attached hydrogen (secondary N) is 2. The summed E-state index contributed by atoms with van der Waals surface area (Å²) in [4.78, 5) is 15.0. The Labute approximate surface area is 167 Å². The summed E-state index contributed by atoms with van der Waals surface area (Å²) in [6.45, 7) is 3.48. The van der Waals surface area contributed by atoms with Gasteiger partial charge >= 0.3 is 0 Å². The third kappa shape index (κ3) is 3.77. The van der Waals surface area contributed by atoms with Crippen LogP contribution in [-0.4, -0.2) is 50.1 Å². The molecule has 1 spiro atoms. The van der Waals surface area contributed by atoms with Gasteiger partial charge in [0, 0.05) is 30.7 Å². The van der Waals surface area contributed by atoms with Crippen LogP contribution in [0.1, 0.15) is 24.0 Å². The molecule has 0 aliphatic carbocycles. The smallest absolute Gasteiger partial charge is 0.242 e. The van der Waals surface area contributed by atoms with Crippen LogP contribution in [0, 0.1) is 0 Å². The average Bonchev–Trinajstić information content (AvgIpc) is 3.10. The summed E-state index contributed by atoms with van der Waals surface area (Å²) in [5, 5.41) is 6.68. The highest BCUT2D eigenvalue weighted by Crippen LogP contribution is 2.43. The first-order chi connectivity index (χ1) is 13.7. The van der Waals surface area contributed by atoms with E-state index in [9.17, 15) is 4.79 Å². The standard InChI is InChI=1S/C23H29N3O2/c1-24-21(16-28-15-18-7-3-2-4-8-18)22(27)26-13-11-23(12-14-26)17-25-20-10-6-5-9-19(20)23/h2-10,21,24-25H,11-17H2,1H3/t21-/m1/s1. The lowest BCUT2D eigenvalue weighted by Crippen LogP contribution is -2.53. The number of hydrogen-bond donors (Lipinski definition) is 2. The van der Waals surface area contributed by atoms with E-state index in [1.807, 2.05) is 42.3 Å². The van der Waals surface area contributed by atoms with Crippen LogP contribution in [0.25, 0.3) is 0 Å². The van der Waals surface area contributed by atoms with E-state index in [-0.39, 0.29) is 17.4 Å². The third-order valence-corrected chi connectivity index (χ3v) is 6.19. The fraction of sp³-hybridized carbons (Fsp3) is 0.435. The maximum Gasteiger partial charge on any atom is 0.242 e. The van der Waals surface area contributed by atoms with Gasteiger partial charge in [0.25, 0.3) is 0 Å². The summed E-state index contributed by atoms with van der Waals surface area (Å²) in [5.41, 5.74) is 3.96. The van der Waals surface area contributed by atoms with Gasteiger partial charge in [0.1, 0.15) is 6.04 Å². The number of likely N-dealkylation sites (N-methyl/N-ethyl adjacent to an activating group) is 1. The van der Waals surface area contributed by atoms with Gasteiger partial charge in [-0.3, -0.25) is 4.79 Å². The van der Waals surface area contributed by atoms with Crippen molar-refractivity contribution in [2.24, 2.45) is 0 Å². The van der Waals surface area contributed by atoms with Crippen molar-refractivity contribution in [1.82, 2.24) is 10.2 Å². The second kappa shape index (κ2) is 8.33. The molecule has 1 amide bonds. The van der Waals surface area contributed by atoms with E-state index in [0.29, 0.717) is 13.2 Å². The lowest BCUT2D eigenvalue weighted by molar-refractivity contribution is -0.136. The molecule has 2 aliphatic heterocycles. The molecule has 28 heavy (non-hydrogen) atoms. The van der Waals surface area contributed by atoms with Crippen molar-refractivity contribution in [3.8, 4) is 0 Å². The van der Waals surface area contributed by atoms with E-state index in [0.717, 1.165) is 38.0 Å². The normalized spacial score (nSPS) is 18.5. The molecule has 2 aromatic rings. The number of anilines is 1. The minimum Gasteiger partial charge on any atom is -0.384 e. The van der Waals surface area contributed by atoms with E-state index in [4.69, 9.17) is 4.74 Å². The molecule has 0 radical (unpaired) electrons. The van der Waals surface area contributed by atoms with Crippen molar-refractivity contribution in [2.75, 3.05) is 38.6 Å². The van der Waals surface area contributed by atoms with Gasteiger partial charge in [-0.05, 0) is 37.1 Å². The average molecular weight is 380 g/mol. The maximum atomic E-state index is 13.0. The third-order valence-electron chi connectivity index (χ3n) is 6.19. The summed E-state index contributed by atoms with van der Waals surface area (Å²) in [6, 6.07) is 18.3. The van der Waals surface area contributed by atoms with Crippen LogP contribution < -0.4 is 10.6 Å². The number of fused-ring (bicyclic) bond motifs is 2. The molecule has 0 saturated carbocycles. The first-order valence-electron chi connectivity index (χ1n) is 10.1. The van der Waals surface area contributed by atoms with Crippen LogP contribution in [0.5, 0.6) is 0 Å². The van der Waals surface area contributed by atoms with Crippen LogP contribution in [0.2, 0.25) is 0 Å². The number of carbonyl (C=O) groups is 1. The van der Waals surface area contributed by atoms with Crippen molar-refractivity contribution >= 4 is 11.6 Å². The van der Waals surface area contributed by atoms with Gasteiger partial charge in [0.15, 0.2) is 0 Å². The van der Waals surface area contributed by atoms with Crippen LogP contribution in [0.3, 0.4) is 0 Å². The lowest BCUT2D eigenvalue weighted by atomic mass is 9.74. The van der Waals surface area contributed by atoms with Crippen LogP contribution in [0.4, 0.5) is 5.69 Å². The van der Waals surface area contributed by atoms with Crippen molar-refractivity contribution < 1.29 is 9.53 Å². The number of para-hydroxylation sites is 1. The number of benzene rings is 2. The molecule has 5 heteroatoms. The molecule has 1 saturated heterocycles. The summed E-state index contributed by atoms with van der Waals surface area (Å²) in [6.07, 6.45) is 2.01. The molecule has 0 bridgehead atoms. The first kappa shape index (κ1) is 19.0. The van der Waals surface area contributed by atoms with Gasteiger partial charge in [-0.25, -0.2) is 0 Å². The number of likely N-dealkylation sites (tertiary alicyclic amines) is 1. The SMILES string of the molecule is CN[C@H](COCc1ccccc1)C(=O)N1CCC2(CC1)CNc1ccccc12. The van der Waals surface area contributed by atoms with E-state index >= 15 is 0 Å². The van der Waals surface area contributed by atoms with Gasteiger partial charge in [-0.15, -0.1) is 0 Å². The second-order valence-electron chi connectivity index (χ2n) is 7.85. The Kier molecular flexibility index (Phi) is 5.64. The number of nitrogens with zero attached hydrogens (tertiary/aromatic N) is 1. The summed E-state index contributed by atoms with van der Waals surface area (Å²) < 4.78 is 5.80. The Morgan fingerprint density at radius 1 is 1.14 bits per heavy atom. The zero-order chi connectivity index (χ0) is 19.4. The number of hydrogen-bond acceptors (Lipinski definition) is 4. The lowest BCUT2D eigenvalue weighted by Gasteiger charge is -2.40. The van der Waals surface area contributed by atoms with Crippen molar-refractivity contribution in [3.05, 3.63) is 65.7 Å². The zero-order valence-electron chi connectivity index (χ0n) is 16.5. The topological polar surface area (TPSA) is 53.6 Å². The highest BCUT2D eigenvalue weighted by atomic mass is 16.5. The number of rotatable bonds is 6. The van der Waals surface area contributed by atoms with Crippen molar-refractivity contribution in [3.63, 3.8) is 0 Å². The van der Waals surface area contributed by atoms with E-state index < -0.39 is 0 Å². The summed E-state index contributed by atoms with van der Waals surface area (Å²) in [5.74, 6) is 0.143. The molecule has 2 aromatic carbocycles. The van der Waals surface area contributed by atoms with Crippen LogP contribution >= 0.6 is 0 Å². The van der Waals surface area contributed by atoms with Gasteiger partial charge < -0.3 is 20.3 Å². The van der Waals surface area contributed by atoms with E-state index in [1.54, 1.807) is 0 Å². The van der Waals surface area contributed by atoms with Gasteiger partial charge in [-0.2, -0.15) is 0 Å². The molecule has 0 aromatic heterocycles. The molecular formula is C23H29N3O2. The molecular weight excluding hydrogens is 350 g/mol. The largest absolute Gasteiger partial charge is 0.384 e. The fourth-order valence-electron chi connectivity index (χ4n) is 4.43. The van der Waals surface area contributed by atoms with Gasteiger partial charge in [-0.1, -0.05) is 48.5 Å². The Hall–Kier alpha value is -2.37. The van der Waals surface area contributed by atoms with E-state index in [2.05, 4.69) is 34.9 Å². The molecule has 2 heterocycles. The van der Waals surface area contributed by atoms with Crippen LogP contribution in [0.15, 0.2) is 54.6 Å². The molecule has 5 nitrogen and oxygen atoms in total. The Balaban J connectivity index is 1.31. The highest BCUT2D eigenvalue weighted by Gasteiger charge is 2.42. The van der Waals surface area contributed by atoms with Gasteiger partial charge in [0.05, 0.1) is 13.2 Å². The van der Waals surface area contributed by atoms with Crippen molar-refractivity contribution in [1.29, 1.82) is 0 Å². The molecule has 4 rings (SSSR count). The predicted octanol–water partition coefficient (Wildman–Crippen LogP) is 2.78. The summed E-state index contributed by atoms with van der Waals surface area (Å²) >= 11 is 0. The van der Waals surface area contributed by atoms with E-state index in [1.165, 1.54) is 11.3 Å². The molecule has 2 N–H and O–H groups in total. The maximum absolute atomic E-state index is 13.0. The second-order valence-corrected chi connectivity index (χ2v) is 7.85. The molecule has 1 fully saturated rings. The Bertz CT molecular complexity index is 801. The summed E-state index contributed by atoms with van der Waals surface area (Å²) in [7, 11) is 1.83. The molecule has 1 atom stereocenters. The highest BCUT2D eigenvalue weighted by molar-refractivity contribution is 5.82. The quantitative estimate of drug-likeness (QED) is 0.810. The number of amides is 1. The number of ether oxygens (including phenoxy) is 1. The monoisotopic (exact) mass is 379 g/mol. The number of carbonyl (C=O) groups excluding carboxylic acids is 1. The molecule has 2 aliphatic rings. The Morgan fingerprint density at radius 2 is 1.86 bits per heavy atom. The van der Waals surface area contributed by atoms with Crippen LogP contribution in [-0.2, 0) is 21.6 Å². The molecule has 0 unspecified atom stereocenters. The van der Waals surface area contributed by atoms with Crippen molar-refractivity contribution in [2.45, 2.75) is 30.9 Å². The minimum atomic E-state index is -0.299. The molecule has 148 valence electrons. The Morgan fingerprint density at radius 3 is 2.61 bits per heavy atom. The van der Waals surface area contributed by atoms with Gasteiger partial charge in [0.2, 0.25) is 5.91 Å². The minimum absolute atomic E-state index is 0.143. The zero-order valence-corrected chi connectivity index (χ0v) is 16.5. The fourth-order valence-corrected chi connectivity index (χ4v) is 4.43. The number of piperidine rings is 1. The first-order valence-corrected chi connectivity index (χ1v) is 10.1. The predicted molar refractivity (Wildman–Crippen MR) is 111 cm³/mol.